The monoisotopic (exact) mass is 452 g/mol. The molecule has 0 heterocycles. The van der Waals surface area contributed by atoms with E-state index in [1.54, 1.807) is 36.4 Å². The molecule has 0 saturated heterocycles. The number of ether oxygens (including phenoxy) is 1. The Bertz CT molecular complexity index is 923. The highest BCUT2D eigenvalue weighted by Crippen LogP contribution is 2.31. The average Bonchev–Trinajstić information content (AvgIpc) is 3.18. The summed E-state index contributed by atoms with van der Waals surface area (Å²) >= 11 is 3.32. The molecule has 1 fully saturated rings. The Balaban J connectivity index is 1.85. The number of halogens is 1. The summed E-state index contributed by atoms with van der Waals surface area (Å²) < 4.78 is 34.3. The first-order valence-corrected chi connectivity index (χ1v) is 10.9. The Hall–Kier alpha value is -2.06. The van der Waals surface area contributed by atoms with Gasteiger partial charge in [0.1, 0.15) is 10.6 Å². The van der Waals surface area contributed by atoms with Gasteiger partial charge in [0.2, 0.25) is 5.91 Å². The second-order valence-electron chi connectivity index (χ2n) is 6.45. The van der Waals surface area contributed by atoms with Crippen molar-refractivity contribution in [3.05, 3.63) is 46.9 Å². The van der Waals surface area contributed by atoms with Crippen LogP contribution in [0.2, 0.25) is 0 Å². The minimum absolute atomic E-state index is 0.00644. The Labute approximate surface area is 167 Å². The minimum Gasteiger partial charge on any atom is -0.495 e. The Kier molecular flexibility index (Phi) is 6.06. The third kappa shape index (κ3) is 4.81. The van der Waals surface area contributed by atoms with Gasteiger partial charge in [-0.15, -0.1) is 0 Å². The summed E-state index contributed by atoms with van der Waals surface area (Å²) in [5.74, 6) is 0.133. The smallest absolute Gasteiger partial charge is 0.265 e. The van der Waals surface area contributed by atoms with E-state index in [1.807, 2.05) is 0 Å². The van der Waals surface area contributed by atoms with Gasteiger partial charge < -0.3 is 10.1 Å². The van der Waals surface area contributed by atoms with Crippen molar-refractivity contribution in [2.75, 3.05) is 17.1 Å². The van der Waals surface area contributed by atoms with Gasteiger partial charge in [0.15, 0.2) is 0 Å². The van der Waals surface area contributed by atoms with Gasteiger partial charge in [0, 0.05) is 21.8 Å². The second-order valence-corrected chi connectivity index (χ2v) is 9.02. The number of amides is 1. The Morgan fingerprint density at radius 3 is 2.33 bits per heavy atom. The van der Waals surface area contributed by atoms with Crippen LogP contribution >= 0.6 is 15.9 Å². The van der Waals surface area contributed by atoms with Gasteiger partial charge in [0.25, 0.3) is 10.0 Å². The lowest BCUT2D eigenvalue weighted by molar-refractivity contribution is -0.119. The highest BCUT2D eigenvalue weighted by atomic mass is 79.9. The molecular weight excluding hydrogens is 432 g/mol. The molecule has 2 aromatic rings. The molecule has 3 rings (SSSR count). The molecule has 1 amide bonds. The standard InChI is InChI=1S/C19H21BrN2O4S/c1-26-17-11-10-16(21-19(23)13-4-2-3-5-13)12-18(17)27(24,25)22-15-8-6-14(20)7-9-15/h6-13,22H,2-5H2,1H3,(H,21,23). The van der Waals surface area contributed by atoms with Gasteiger partial charge in [-0.3, -0.25) is 9.52 Å². The van der Waals surface area contributed by atoms with E-state index in [0.717, 1.165) is 30.2 Å². The van der Waals surface area contributed by atoms with Crippen molar-refractivity contribution in [2.24, 2.45) is 5.92 Å². The minimum atomic E-state index is -3.89. The van der Waals surface area contributed by atoms with Gasteiger partial charge in [0.05, 0.1) is 7.11 Å². The Morgan fingerprint density at radius 1 is 1.07 bits per heavy atom. The molecule has 1 aliphatic rings. The van der Waals surface area contributed by atoms with E-state index >= 15 is 0 Å². The quantitative estimate of drug-likeness (QED) is 0.680. The number of rotatable bonds is 6. The van der Waals surface area contributed by atoms with Crippen molar-refractivity contribution in [1.29, 1.82) is 0 Å². The van der Waals surface area contributed by atoms with Crippen LogP contribution in [0, 0.1) is 5.92 Å². The van der Waals surface area contributed by atoms with Crippen LogP contribution in [0.15, 0.2) is 51.8 Å². The summed E-state index contributed by atoms with van der Waals surface area (Å²) in [5, 5.41) is 2.83. The zero-order valence-electron chi connectivity index (χ0n) is 14.9. The predicted octanol–water partition coefficient (Wildman–Crippen LogP) is 4.39. The summed E-state index contributed by atoms with van der Waals surface area (Å²) in [5.41, 5.74) is 0.865. The molecule has 144 valence electrons. The van der Waals surface area contributed by atoms with Crippen molar-refractivity contribution in [1.82, 2.24) is 0 Å². The van der Waals surface area contributed by atoms with Crippen LogP contribution < -0.4 is 14.8 Å². The summed E-state index contributed by atoms with van der Waals surface area (Å²) in [4.78, 5) is 12.3. The molecule has 0 aromatic heterocycles. The van der Waals surface area contributed by atoms with E-state index in [9.17, 15) is 13.2 Å². The normalized spacial score (nSPS) is 14.7. The molecule has 0 spiro atoms. The molecule has 0 bridgehead atoms. The van der Waals surface area contributed by atoms with E-state index in [-0.39, 0.29) is 22.5 Å². The third-order valence-electron chi connectivity index (χ3n) is 4.54. The SMILES string of the molecule is COc1ccc(NC(=O)C2CCCC2)cc1S(=O)(=O)Nc1ccc(Br)cc1. The van der Waals surface area contributed by atoms with Crippen molar-refractivity contribution in [3.8, 4) is 5.75 Å². The lowest BCUT2D eigenvalue weighted by Crippen LogP contribution is -2.21. The van der Waals surface area contributed by atoms with Gasteiger partial charge in [-0.25, -0.2) is 8.42 Å². The van der Waals surface area contributed by atoms with Crippen molar-refractivity contribution < 1.29 is 17.9 Å². The highest BCUT2D eigenvalue weighted by molar-refractivity contribution is 9.10. The third-order valence-corrected chi connectivity index (χ3v) is 6.47. The first kappa shape index (κ1) is 19.7. The van der Waals surface area contributed by atoms with E-state index in [0.29, 0.717) is 11.4 Å². The average molecular weight is 453 g/mol. The number of carbonyl (C=O) groups is 1. The molecule has 2 N–H and O–H groups in total. The predicted molar refractivity (Wildman–Crippen MR) is 109 cm³/mol. The molecule has 0 atom stereocenters. The number of hydrogen-bond acceptors (Lipinski definition) is 4. The molecular formula is C19H21BrN2O4S. The molecule has 6 nitrogen and oxygen atoms in total. The van der Waals surface area contributed by atoms with Crippen LogP contribution in [0.4, 0.5) is 11.4 Å². The van der Waals surface area contributed by atoms with E-state index in [4.69, 9.17) is 4.74 Å². The van der Waals surface area contributed by atoms with Crippen LogP contribution in [0.1, 0.15) is 25.7 Å². The highest BCUT2D eigenvalue weighted by Gasteiger charge is 2.24. The lowest BCUT2D eigenvalue weighted by Gasteiger charge is -2.15. The lowest BCUT2D eigenvalue weighted by atomic mass is 10.1. The first-order chi connectivity index (χ1) is 12.9. The maximum Gasteiger partial charge on any atom is 0.265 e. The maximum absolute atomic E-state index is 12.8. The molecule has 1 saturated carbocycles. The Morgan fingerprint density at radius 2 is 1.70 bits per heavy atom. The molecule has 0 aliphatic heterocycles. The number of hydrogen-bond donors (Lipinski definition) is 2. The summed E-state index contributed by atoms with van der Waals surface area (Å²) in [6.45, 7) is 0. The fourth-order valence-corrected chi connectivity index (χ4v) is 4.64. The molecule has 0 unspecified atom stereocenters. The van der Waals surface area contributed by atoms with Crippen LogP contribution in [0.3, 0.4) is 0 Å². The number of carbonyl (C=O) groups excluding carboxylic acids is 1. The largest absolute Gasteiger partial charge is 0.495 e. The van der Waals surface area contributed by atoms with Crippen LogP contribution in [-0.4, -0.2) is 21.4 Å². The molecule has 8 heteroatoms. The van der Waals surface area contributed by atoms with Gasteiger partial charge in [-0.2, -0.15) is 0 Å². The second kappa shape index (κ2) is 8.31. The molecule has 27 heavy (non-hydrogen) atoms. The topological polar surface area (TPSA) is 84.5 Å². The maximum atomic E-state index is 12.8. The number of nitrogens with one attached hydrogen (secondary N) is 2. The molecule has 0 radical (unpaired) electrons. The summed E-state index contributed by atoms with van der Waals surface area (Å²) in [6, 6.07) is 11.4. The zero-order chi connectivity index (χ0) is 19.4. The summed E-state index contributed by atoms with van der Waals surface area (Å²) in [7, 11) is -2.48. The fraction of sp³-hybridized carbons (Fsp3) is 0.316. The number of sulfonamides is 1. The first-order valence-electron chi connectivity index (χ1n) is 8.66. The van der Waals surface area contributed by atoms with E-state index < -0.39 is 10.0 Å². The molecule has 2 aromatic carbocycles. The van der Waals surface area contributed by atoms with Crippen molar-refractivity contribution in [3.63, 3.8) is 0 Å². The summed E-state index contributed by atoms with van der Waals surface area (Å²) in [6.07, 6.45) is 3.85. The molecule has 1 aliphatic carbocycles. The van der Waals surface area contributed by atoms with Crippen LogP contribution in [0.25, 0.3) is 0 Å². The van der Waals surface area contributed by atoms with Crippen LogP contribution in [0.5, 0.6) is 5.75 Å². The van der Waals surface area contributed by atoms with Gasteiger partial charge in [-0.1, -0.05) is 28.8 Å². The van der Waals surface area contributed by atoms with Gasteiger partial charge >= 0.3 is 0 Å². The van der Waals surface area contributed by atoms with E-state index in [1.165, 1.54) is 13.2 Å². The van der Waals surface area contributed by atoms with Crippen molar-refractivity contribution in [2.45, 2.75) is 30.6 Å². The zero-order valence-corrected chi connectivity index (χ0v) is 17.3. The van der Waals surface area contributed by atoms with Gasteiger partial charge in [-0.05, 0) is 55.3 Å². The fourth-order valence-electron chi connectivity index (χ4n) is 3.12. The van der Waals surface area contributed by atoms with E-state index in [2.05, 4.69) is 26.0 Å². The number of anilines is 2. The van der Waals surface area contributed by atoms with Crippen LogP contribution in [-0.2, 0) is 14.8 Å². The van der Waals surface area contributed by atoms with Crippen molar-refractivity contribution >= 4 is 43.2 Å². The number of methoxy groups -OCH3 is 1. The number of benzene rings is 2.